The number of hydrogen-bond donors (Lipinski definition) is 0. The number of carbonyl (C=O) groups excluding carboxylic acids is 1. The molecule has 0 aliphatic carbocycles. The van der Waals surface area contributed by atoms with Crippen LogP contribution in [0.1, 0.15) is 59.1 Å². The maximum Gasteiger partial charge on any atom is 0.226 e. The lowest BCUT2D eigenvalue weighted by molar-refractivity contribution is -0.137. The number of nitrogens with zero attached hydrogens (tertiary/aromatic N) is 1. The lowest BCUT2D eigenvalue weighted by Crippen LogP contribution is -2.37. The van der Waals surface area contributed by atoms with E-state index in [2.05, 4.69) is 43.0 Å². The molecule has 0 N–H and O–H groups in total. The standard InChI is InChI=1S/C15H19NO.C2H6.H2/c1-10-9-12-5-3-4-6-13(12)14-8-7-11(2)16(14)15(10)17;1-2;/h3-6,10-11,14H,7-9H2,1-2H3;1-2H3;1H/t10-,11+,14?;;/m0../s1. The van der Waals surface area contributed by atoms with Gasteiger partial charge >= 0.3 is 0 Å². The van der Waals surface area contributed by atoms with Gasteiger partial charge in [-0.15, -0.1) is 0 Å². The van der Waals surface area contributed by atoms with Crippen LogP contribution in [0.15, 0.2) is 24.3 Å². The average Bonchev–Trinajstić information content (AvgIpc) is 2.77. The van der Waals surface area contributed by atoms with Crippen LogP contribution in [-0.2, 0) is 11.2 Å². The molecule has 0 bridgehead atoms. The Labute approximate surface area is 118 Å². The zero-order valence-corrected chi connectivity index (χ0v) is 12.5. The molecule has 1 fully saturated rings. The summed E-state index contributed by atoms with van der Waals surface area (Å²) in [5.74, 6) is 0.470. The highest BCUT2D eigenvalue weighted by Crippen LogP contribution is 2.41. The van der Waals surface area contributed by atoms with Crippen LogP contribution in [0.2, 0.25) is 0 Å². The Balaban J connectivity index is 0.000000639. The van der Waals surface area contributed by atoms with E-state index in [-0.39, 0.29) is 7.34 Å². The molecule has 0 spiro atoms. The molecule has 2 heteroatoms. The molecule has 2 nitrogen and oxygen atoms in total. The number of carbonyl (C=O) groups is 1. The van der Waals surface area contributed by atoms with Gasteiger partial charge in [0.05, 0.1) is 6.04 Å². The number of hydrogen-bond acceptors (Lipinski definition) is 1. The fraction of sp³-hybridized carbons (Fsp3) is 0.588. The lowest BCUT2D eigenvalue weighted by Gasteiger charge is -2.28. The number of amides is 1. The summed E-state index contributed by atoms with van der Waals surface area (Å²) in [6, 6.07) is 9.31. The molecule has 0 radical (unpaired) electrons. The SMILES string of the molecule is CC.C[C@@H]1CCC2c3ccccc3C[C@H](C)C(=O)N21.[HH]. The van der Waals surface area contributed by atoms with Crippen molar-refractivity contribution in [3.8, 4) is 0 Å². The topological polar surface area (TPSA) is 20.3 Å². The minimum atomic E-state index is 0. The zero-order chi connectivity index (χ0) is 14.0. The van der Waals surface area contributed by atoms with Gasteiger partial charge < -0.3 is 4.90 Å². The second-order valence-electron chi connectivity index (χ2n) is 5.49. The molecule has 2 aliphatic rings. The van der Waals surface area contributed by atoms with Crippen LogP contribution in [0.3, 0.4) is 0 Å². The molecule has 2 aliphatic heterocycles. The van der Waals surface area contributed by atoms with Gasteiger partial charge in [0.2, 0.25) is 5.91 Å². The Kier molecular flexibility index (Phi) is 4.28. The predicted octanol–water partition coefficient (Wildman–Crippen LogP) is 4.20. The molecule has 19 heavy (non-hydrogen) atoms. The highest BCUT2D eigenvalue weighted by molar-refractivity contribution is 5.81. The molecule has 0 saturated carbocycles. The third-order valence-corrected chi connectivity index (χ3v) is 4.28. The van der Waals surface area contributed by atoms with Gasteiger partial charge in [-0.3, -0.25) is 4.79 Å². The summed E-state index contributed by atoms with van der Waals surface area (Å²) >= 11 is 0. The molecule has 3 rings (SSSR count). The van der Waals surface area contributed by atoms with E-state index in [0.717, 1.165) is 19.3 Å². The molecule has 1 aromatic rings. The van der Waals surface area contributed by atoms with Gasteiger partial charge in [-0.25, -0.2) is 0 Å². The van der Waals surface area contributed by atoms with Crippen LogP contribution in [0, 0.1) is 5.92 Å². The number of fused-ring (bicyclic) bond motifs is 3. The highest BCUT2D eigenvalue weighted by atomic mass is 16.2. The van der Waals surface area contributed by atoms with Gasteiger partial charge in [0, 0.05) is 13.4 Å². The smallest absolute Gasteiger partial charge is 0.226 e. The van der Waals surface area contributed by atoms with E-state index in [1.165, 1.54) is 11.1 Å². The summed E-state index contributed by atoms with van der Waals surface area (Å²) in [5, 5.41) is 0. The summed E-state index contributed by atoms with van der Waals surface area (Å²) in [6.07, 6.45) is 3.16. The van der Waals surface area contributed by atoms with Gasteiger partial charge in [-0.1, -0.05) is 45.0 Å². The molecule has 2 heterocycles. The maximum absolute atomic E-state index is 12.4. The van der Waals surface area contributed by atoms with Crippen LogP contribution < -0.4 is 0 Å². The van der Waals surface area contributed by atoms with Gasteiger partial charge in [-0.05, 0) is 37.3 Å². The van der Waals surface area contributed by atoms with E-state index >= 15 is 0 Å². The minimum absolute atomic E-state index is 0. The van der Waals surface area contributed by atoms with Crippen molar-refractivity contribution >= 4 is 5.91 Å². The first kappa shape index (κ1) is 14.1. The summed E-state index contributed by atoms with van der Waals surface area (Å²) in [6.45, 7) is 8.24. The van der Waals surface area contributed by atoms with Crippen molar-refractivity contribution in [2.24, 2.45) is 5.92 Å². The number of benzene rings is 1. The number of rotatable bonds is 0. The van der Waals surface area contributed by atoms with Gasteiger partial charge in [-0.2, -0.15) is 0 Å². The van der Waals surface area contributed by atoms with E-state index in [1.54, 1.807) is 0 Å². The quantitative estimate of drug-likeness (QED) is 0.685. The van der Waals surface area contributed by atoms with Crippen molar-refractivity contribution in [2.75, 3.05) is 0 Å². The van der Waals surface area contributed by atoms with Gasteiger partial charge in [0.1, 0.15) is 0 Å². The highest BCUT2D eigenvalue weighted by Gasteiger charge is 2.40. The second-order valence-corrected chi connectivity index (χ2v) is 5.49. The van der Waals surface area contributed by atoms with Crippen LogP contribution in [0.5, 0.6) is 0 Å². The summed E-state index contributed by atoms with van der Waals surface area (Å²) in [4.78, 5) is 14.6. The fourth-order valence-electron chi connectivity index (χ4n) is 3.38. The van der Waals surface area contributed by atoms with Crippen molar-refractivity contribution in [3.63, 3.8) is 0 Å². The third-order valence-electron chi connectivity index (χ3n) is 4.28. The van der Waals surface area contributed by atoms with E-state index in [0.29, 0.717) is 18.0 Å². The Hall–Kier alpha value is -1.31. The minimum Gasteiger partial charge on any atom is -0.333 e. The fourth-order valence-corrected chi connectivity index (χ4v) is 3.38. The second kappa shape index (κ2) is 5.77. The molecule has 3 atom stereocenters. The molecule has 0 aromatic heterocycles. The first-order chi connectivity index (χ1) is 9.18. The zero-order valence-electron chi connectivity index (χ0n) is 12.5. The summed E-state index contributed by atoms with van der Waals surface area (Å²) in [5.41, 5.74) is 2.75. The molecule has 1 unspecified atom stereocenters. The summed E-state index contributed by atoms with van der Waals surface area (Å²) in [7, 11) is 0. The van der Waals surface area contributed by atoms with E-state index < -0.39 is 0 Å². The Morgan fingerprint density at radius 3 is 2.58 bits per heavy atom. The van der Waals surface area contributed by atoms with Crippen LogP contribution in [0.25, 0.3) is 0 Å². The van der Waals surface area contributed by atoms with Crippen LogP contribution in [0.4, 0.5) is 0 Å². The first-order valence-electron chi connectivity index (χ1n) is 7.58. The van der Waals surface area contributed by atoms with Crippen molar-refractivity contribution in [1.29, 1.82) is 0 Å². The van der Waals surface area contributed by atoms with Gasteiger partial charge in [0.15, 0.2) is 0 Å². The van der Waals surface area contributed by atoms with Crippen LogP contribution in [-0.4, -0.2) is 16.8 Å². The Morgan fingerprint density at radius 2 is 1.84 bits per heavy atom. The van der Waals surface area contributed by atoms with Crippen molar-refractivity contribution in [2.45, 2.75) is 59.0 Å². The van der Waals surface area contributed by atoms with Crippen molar-refractivity contribution in [1.82, 2.24) is 4.90 Å². The van der Waals surface area contributed by atoms with Crippen molar-refractivity contribution in [3.05, 3.63) is 35.4 Å². The first-order valence-corrected chi connectivity index (χ1v) is 7.58. The molecule has 1 saturated heterocycles. The molecular weight excluding hydrogens is 234 g/mol. The predicted molar refractivity (Wildman–Crippen MR) is 81.1 cm³/mol. The van der Waals surface area contributed by atoms with E-state index in [4.69, 9.17) is 0 Å². The maximum atomic E-state index is 12.4. The van der Waals surface area contributed by atoms with E-state index in [1.807, 2.05) is 13.8 Å². The van der Waals surface area contributed by atoms with E-state index in [9.17, 15) is 4.79 Å². The van der Waals surface area contributed by atoms with Crippen molar-refractivity contribution < 1.29 is 6.22 Å². The normalized spacial score (nSPS) is 28.9. The monoisotopic (exact) mass is 261 g/mol. The summed E-state index contributed by atoms with van der Waals surface area (Å²) < 4.78 is 0. The third kappa shape index (κ3) is 2.41. The average molecular weight is 261 g/mol. The molecule has 106 valence electrons. The molecule has 1 amide bonds. The van der Waals surface area contributed by atoms with Crippen LogP contribution >= 0.6 is 0 Å². The molecular formula is C17H27NO. The Morgan fingerprint density at radius 1 is 1.16 bits per heavy atom. The van der Waals surface area contributed by atoms with Gasteiger partial charge in [0.25, 0.3) is 0 Å². The lowest BCUT2D eigenvalue weighted by atomic mass is 9.95. The Bertz CT molecular complexity index is 460. The largest absolute Gasteiger partial charge is 0.333 e. The molecule has 1 aromatic carbocycles.